The zero-order valence-corrected chi connectivity index (χ0v) is 17.6. The van der Waals surface area contributed by atoms with E-state index in [1.807, 2.05) is 24.3 Å². The number of hydrogen-bond donors (Lipinski definition) is 1. The van der Waals surface area contributed by atoms with E-state index in [2.05, 4.69) is 21.2 Å². The molecule has 0 spiro atoms. The normalized spacial score (nSPS) is 15.9. The summed E-state index contributed by atoms with van der Waals surface area (Å²) in [6, 6.07) is 20.0. The lowest BCUT2D eigenvalue weighted by atomic mass is 9.98. The Labute approximate surface area is 181 Å². The third kappa shape index (κ3) is 4.52. The molecule has 1 atom stereocenters. The number of rotatable bonds is 3. The lowest BCUT2D eigenvalue weighted by Gasteiger charge is -2.25. The van der Waals surface area contributed by atoms with Gasteiger partial charge in [-0.3, -0.25) is 0 Å². The van der Waals surface area contributed by atoms with E-state index < -0.39 is 0 Å². The van der Waals surface area contributed by atoms with Gasteiger partial charge < -0.3 is 5.32 Å². The van der Waals surface area contributed by atoms with Crippen LogP contribution >= 0.6 is 28.1 Å². The van der Waals surface area contributed by atoms with Gasteiger partial charge >= 0.3 is 0 Å². The van der Waals surface area contributed by atoms with Crippen LogP contribution in [-0.2, 0) is 0 Å². The Morgan fingerprint density at radius 2 is 1.52 bits per heavy atom. The van der Waals surface area contributed by atoms with Gasteiger partial charge in [0.05, 0.1) is 11.8 Å². The maximum absolute atomic E-state index is 13.4. The Morgan fingerprint density at radius 3 is 2.14 bits per heavy atom. The number of hydrazone groups is 1. The molecule has 1 N–H and O–H groups in total. The molecular weight excluding hydrogens is 456 g/mol. The fourth-order valence-corrected chi connectivity index (χ4v) is 3.72. The fraction of sp³-hybridized carbons (Fsp3) is 0.0909. The molecule has 0 bridgehead atoms. The second-order valence-corrected chi connectivity index (χ2v) is 7.91. The third-order valence-corrected chi connectivity index (χ3v) is 5.46. The van der Waals surface area contributed by atoms with Crippen LogP contribution in [0.25, 0.3) is 0 Å². The van der Waals surface area contributed by atoms with Crippen molar-refractivity contribution in [2.45, 2.75) is 12.5 Å². The van der Waals surface area contributed by atoms with Gasteiger partial charge in [0.2, 0.25) is 0 Å². The molecule has 1 aliphatic rings. The van der Waals surface area contributed by atoms with Crippen molar-refractivity contribution >= 4 is 44.7 Å². The predicted octanol–water partition coefficient (Wildman–Crippen LogP) is 6.28. The average Bonchev–Trinajstić information content (AvgIpc) is 3.16. The number of anilines is 1. The Morgan fingerprint density at radius 1 is 0.931 bits per heavy atom. The topological polar surface area (TPSA) is 27.6 Å². The van der Waals surface area contributed by atoms with Gasteiger partial charge in [-0.15, -0.1) is 0 Å². The molecule has 4 rings (SSSR count). The number of nitrogens with zero attached hydrogens (tertiary/aromatic N) is 2. The van der Waals surface area contributed by atoms with Crippen LogP contribution in [0.4, 0.5) is 14.5 Å². The van der Waals surface area contributed by atoms with E-state index in [-0.39, 0.29) is 17.7 Å². The lowest BCUT2D eigenvalue weighted by molar-refractivity contribution is 0.375. The first-order valence-electron chi connectivity index (χ1n) is 8.94. The molecule has 3 aromatic rings. The van der Waals surface area contributed by atoms with Gasteiger partial charge in [0, 0.05) is 16.6 Å². The van der Waals surface area contributed by atoms with Crippen molar-refractivity contribution in [2.24, 2.45) is 5.10 Å². The van der Waals surface area contributed by atoms with Crippen LogP contribution in [0.1, 0.15) is 23.6 Å². The number of nitrogens with one attached hydrogen (secondary N) is 1. The minimum atomic E-state index is -0.317. The van der Waals surface area contributed by atoms with Crippen LogP contribution in [0.2, 0.25) is 0 Å². The standard InChI is InChI=1S/C22H16BrF2N3S/c23-16-5-1-14(2-6-16)20-13-21(15-3-7-17(24)8-4-15)28(27-20)22(29)26-19-11-9-18(25)10-12-19/h1-12,21H,13H2,(H,26,29)/t21-/m0/s1. The molecule has 0 radical (unpaired) electrons. The molecule has 0 fully saturated rings. The fourth-order valence-electron chi connectivity index (χ4n) is 3.17. The highest BCUT2D eigenvalue weighted by atomic mass is 79.9. The number of halogens is 3. The molecule has 7 heteroatoms. The first-order chi connectivity index (χ1) is 14.0. The van der Waals surface area contributed by atoms with Gasteiger partial charge in [-0.25, -0.2) is 13.8 Å². The van der Waals surface area contributed by atoms with Crippen molar-refractivity contribution < 1.29 is 8.78 Å². The summed E-state index contributed by atoms with van der Waals surface area (Å²) in [5, 5.41) is 9.96. The van der Waals surface area contributed by atoms with Gasteiger partial charge in [-0.05, 0) is 71.9 Å². The molecule has 0 aromatic heterocycles. The Kier molecular flexibility index (Phi) is 5.69. The lowest BCUT2D eigenvalue weighted by Crippen LogP contribution is -2.31. The summed E-state index contributed by atoms with van der Waals surface area (Å²) >= 11 is 9.03. The molecule has 3 aromatic carbocycles. The van der Waals surface area contributed by atoms with E-state index in [9.17, 15) is 8.78 Å². The molecule has 146 valence electrons. The zero-order chi connectivity index (χ0) is 20.4. The molecule has 3 nitrogen and oxygen atoms in total. The van der Waals surface area contributed by atoms with Crippen molar-refractivity contribution in [3.8, 4) is 0 Å². The van der Waals surface area contributed by atoms with Gasteiger partial charge in [-0.1, -0.05) is 40.2 Å². The summed E-state index contributed by atoms with van der Waals surface area (Å²) in [5.41, 5.74) is 3.45. The summed E-state index contributed by atoms with van der Waals surface area (Å²) in [4.78, 5) is 0. The molecule has 0 amide bonds. The molecule has 1 aliphatic heterocycles. The van der Waals surface area contributed by atoms with Crippen LogP contribution in [0.15, 0.2) is 82.4 Å². The highest BCUT2D eigenvalue weighted by molar-refractivity contribution is 9.10. The maximum Gasteiger partial charge on any atom is 0.194 e. The van der Waals surface area contributed by atoms with Gasteiger partial charge in [-0.2, -0.15) is 5.10 Å². The van der Waals surface area contributed by atoms with E-state index >= 15 is 0 Å². The first kappa shape index (κ1) is 19.7. The van der Waals surface area contributed by atoms with Crippen LogP contribution in [0, 0.1) is 11.6 Å². The van der Waals surface area contributed by atoms with Gasteiger partial charge in [0.1, 0.15) is 11.6 Å². The summed E-state index contributed by atoms with van der Waals surface area (Å²) in [7, 11) is 0. The van der Waals surface area contributed by atoms with Gasteiger partial charge in [0.15, 0.2) is 5.11 Å². The smallest absolute Gasteiger partial charge is 0.194 e. The molecule has 0 saturated heterocycles. The first-order valence-corrected chi connectivity index (χ1v) is 10.1. The van der Waals surface area contributed by atoms with Crippen molar-refractivity contribution in [3.05, 3.63) is 100 Å². The van der Waals surface area contributed by atoms with Crippen LogP contribution in [-0.4, -0.2) is 15.8 Å². The Balaban J connectivity index is 1.64. The quantitative estimate of drug-likeness (QED) is 0.455. The van der Waals surface area contributed by atoms with Gasteiger partial charge in [0.25, 0.3) is 0 Å². The zero-order valence-electron chi connectivity index (χ0n) is 15.1. The number of thiocarbonyl (C=S) groups is 1. The van der Waals surface area contributed by atoms with Crippen molar-refractivity contribution in [1.82, 2.24) is 5.01 Å². The minimum Gasteiger partial charge on any atom is -0.331 e. The van der Waals surface area contributed by atoms with E-state index in [0.717, 1.165) is 21.3 Å². The second-order valence-electron chi connectivity index (χ2n) is 6.61. The SMILES string of the molecule is Fc1ccc(NC(=S)N2N=C(c3ccc(Br)cc3)C[C@H]2c2ccc(F)cc2)cc1. The highest BCUT2D eigenvalue weighted by Crippen LogP contribution is 2.33. The van der Waals surface area contributed by atoms with Crippen LogP contribution in [0.3, 0.4) is 0 Å². The summed E-state index contributed by atoms with van der Waals surface area (Å²) < 4.78 is 27.6. The van der Waals surface area contributed by atoms with Crippen molar-refractivity contribution in [2.75, 3.05) is 5.32 Å². The summed E-state index contributed by atoms with van der Waals surface area (Å²) in [5.74, 6) is -0.610. The summed E-state index contributed by atoms with van der Waals surface area (Å²) in [6.07, 6.45) is 0.624. The molecular formula is C22H16BrF2N3S. The monoisotopic (exact) mass is 471 g/mol. The van der Waals surface area contributed by atoms with E-state index in [0.29, 0.717) is 17.2 Å². The third-order valence-electron chi connectivity index (χ3n) is 4.65. The molecule has 1 heterocycles. The van der Waals surface area contributed by atoms with Crippen LogP contribution in [0.5, 0.6) is 0 Å². The second kappa shape index (κ2) is 8.39. The van der Waals surface area contributed by atoms with Crippen LogP contribution < -0.4 is 5.32 Å². The Bertz CT molecular complexity index is 1050. The number of benzene rings is 3. The Hall–Kier alpha value is -2.64. The minimum absolute atomic E-state index is 0.172. The molecule has 29 heavy (non-hydrogen) atoms. The van der Waals surface area contributed by atoms with E-state index in [1.54, 1.807) is 29.3 Å². The molecule has 0 unspecified atom stereocenters. The summed E-state index contributed by atoms with van der Waals surface area (Å²) in [6.45, 7) is 0. The predicted molar refractivity (Wildman–Crippen MR) is 119 cm³/mol. The number of hydrogen-bond acceptors (Lipinski definition) is 2. The van der Waals surface area contributed by atoms with E-state index in [1.165, 1.54) is 24.3 Å². The largest absolute Gasteiger partial charge is 0.331 e. The molecule has 0 aliphatic carbocycles. The highest BCUT2D eigenvalue weighted by Gasteiger charge is 2.31. The molecule has 0 saturated carbocycles. The maximum atomic E-state index is 13.4. The van der Waals surface area contributed by atoms with Crippen molar-refractivity contribution in [3.63, 3.8) is 0 Å². The van der Waals surface area contributed by atoms with E-state index in [4.69, 9.17) is 17.3 Å². The average molecular weight is 472 g/mol. The van der Waals surface area contributed by atoms with Crippen molar-refractivity contribution in [1.29, 1.82) is 0 Å².